The van der Waals surface area contributed by atoms with Gasteiger partial charge in [-0.15, -0.1) is 0 Å². The summed E-state index contributed by atoms with van der Waals surface area (Å²) >= 11 is 6.10. The number of rotatable bonds is 1. The van der Waals surface area contributed by atoms with Gasteiger partial charge < -0.3 is 9.67 Å². The maximum atomic E-state index is 10.8. The molecule has 0 spiro atoms. The quantitative estimate of drug-likeness (QED) is 0.648. The van der Waals surface area contributed by atoms with Gasteiger partial charge in [0, 0.05) is 0 Å². The van der Waals surface area contributed by atoms with E-state index < -0.39 is 6.10 Å². The SMILES string of the molecule is C[C@H]1[C@@H](O)[C@H](n2cnc3c(Cl)ncnc32)C2=CCC[C@@H](C)[C@@H]21. The number of nitrogens with zero attached hydrogens (tertiary/aromatic N) is 4. The van der Waals surface area contributed by atoms with E-state index in [0.29, 0.717) is 28.2 Å². The number of hydrogen-bond donors (Lipinski definition) is 1. The lowest BCUT2D eigenvalue weighted by Crippen LogP contribution is -2.24. The van der Waals surface area contributed by atoms with Crippen molar-refractivity contribution in [1.82, 2.24) is 19.5 Å². The lowest BCUT2D eigenvalue weighted by atomic mass is 9.77. The Bertz CT molecular complexity index is 756. The van der Waals surface area contributed by atoms with Crippen LogP contribution in [0.2, 0.25) is 5.15 Å². The Labute approximate surface area is 134 Å². The number of hydrogen-bond acceptors (Lipinski definition) is 4. The third kappa shape index (κ3) is 1.85. The number of imidazole rings is 1. The summed E-state index contributed by atoms with van der Waals surface area (Å²) in [5.74, 6) is 1.27. The van der Waals surface area contributed by atoms with Gasteiger partial charge in [-0.2, -0.15) is 0 Å². The second kappa shape index (κ2) is 5.03. The molecule has 1 N–H and O–H groups in total. The Morgan fingerprint density at radius 1 is 1.27 bits per heavy atom. The zero-order valence-corrected chi connectivity index (χ0v) is 13.4. The molecule has 22 heavy (non-hydrogen) atoms. The molecule has 2 aliphatic rings. The van der Waals surface area contributed by atoms with Crippen molar-refractivity contribution in [2.45, 2.75) is 38.8 Å². The molecule has 116 valence electrons. The Morgan fingerprint density at radius 2 is 2.09 bits per heavy atom. The van der Waals surface area contributed by atoms with Gasteiger partial charge in [-0.25, -0.2) is 15.0 Å². The van der Waals surface area contributed by atoms with E-state index in [4.69, 9.17) is 11.6 Å². The summed E-state index contributed by atoms with van der Waals surface area (Å²) in [7, 11) is 0. The fraction of sp³-hybridized carbons (Fsp3) is 0.562. The van der Waals surface area contributed by atoms with Crippen molar-refractivity contribution in [1.29, 1.82) is 0 Å². The maximum Gasteiger partial charge on any atom is 0.165 e. The van der Waals surface area contributed by atoms with Crippen molar-refractivity contribution in [2.75, 3.05) is 0 Å². The number of aliphatic hydroxyl groups excluding tert-OH is 1. The van der Waals surface area contributed by atoms with Crippen molar-refractivity contribution in [3.05, 3.63) is 29.5 Å². The predicted molar refractivity (Wildman–Crippen MR) is 84.5 cm³/mol. The summed E-state index contributed by atoms with van der Waals surface area (Å²) in [6.07, 6.45) is 7.32. The third-order valence-electron chi connectivity index (χ3n) is 5.38. The lowest BCUT2D eigenvalue weighted by Gasteiger charge is -2.29. The van der Waals surface area contributed by atoms with E-state index in [0.717, 1.165) is 6.42 Å². The van der Waals surface area contributed by atoms with Crippen molar-refractivity contribution >= 4 is 22.8 Å². The zero-order chi connectivity index (χ0) is 15.4. The van der Waals surface area contributed by atoms with Gasteiger partial charge in [-0.1, -0.05) is 31.5 Å². The van der Waals surface area contributed by atoms with Crippen LogP contribution in [0, 0.1) is 17.8 Å². The summed E-state index contributed by atoms with van der Waals surface area (Å²) in [5, 5.41) is 11.2. The van der Waals surface area contributed by atoms with E-state index >= 15 is 0 Å². The molecule has 0 aromatic carbocycles. The van der Waals surface area contributed by atoms with Gasteiger partial charge in [-0.05, 0) is 36.2 Å². The fourth-order valence-electron chi connectivity index (χ4n) is 4.35. The maximum absolute atomic E-state index is 10.8. The van der Waals surface area contributed by atoms with Crippen molar-refractivity contribution in [3.63, 3.8) is 0 Å². The van der Waals surface area contributed by atoms with Crippen LogP contribution in [0.15, 0.2) is 24.3 Å². The summed E-state index contributed by atoms with van der Waals surface area (Å²) in [5.41, 5.74) is 2.61. The number of fused-ring (bicyclic) bond motifs is 2. The van der Waals surface area contributed by atoms with E-state index in [9.17, 15) is 5.11 Å². The molecule has 2 aromatic heterocycles. The van der Waals surface area contributed by atoms with Crippen LogP contribution in [-0.4, -0.2) is 30.7 Å². The first kappa shape index (κ1) is 14.2. The molecule has 2 aromatic rings. The molecule has 6 heteroatoms. The summed E-state index contributed by atoms with van der Waals surface area (Å²) < 4.78 is 1.97. The zero-order valence-electron chi connectivity index (χ0n) is 12.6. The van der Waals surface area contributed by atoms with Gasteiger partial charge in [0.2, 0.25) is 0 Å². The smallest absolute Gasteiger partial charge is 0.165 e. The number of aromatic nitrogens is 4. The molecule has 0 radical (unpaired) electrons. The Balaban J connectivity index is 1.87. The molecule has 0 bridgehead atoms. The minimum absolute atomic E-state index is 0.0984. The summed E-state index contributed by atoms with van der Waals surface area (Å²) in [6.45, 7) is 4.43. The lowest BCUT2D eigenvalue weighted by molar-refractivity contribution is 0.0894. The van der Waals surface area contributed by atoms with E-state index in [1.807, 2.05) is 4.57 Å². The van der Waals surface area contributed by atoms with Crippen molar-refractivity contribution < 1.29 is 5.11 Å². The van der Waals surface area contributed by atoms with Gasteiger partial charge in [0.1, 0.15) is 11.8 Å². The molecule has 4 rings (SSSR count). The Morgan fingerprint density at radius 3 is 2.91 bits per heavy atom. The number of allylic oxidation sites excluding steroid dienone is 1. The molecule has 0 aliphatic heterocycles. The number of halogens is 1. The minimum atomic E-state index is -0.428. The molecule has 2 heterocycles. The van der Waals surface area contributed by atoms with E-state index in [1.165, 1.54) is 18.3 Å². The van der Waals surface area contributed by atoms with Crippen LogP contribution in [0.4, 0.5) is 0 Å². The van der Waals surface area contributed by atoms with Crippen LogP contribution in [0.3, 0.4) is 0 Å². The Hall–Kier alpha value is -1.46. The molecule has 5 atom stereocenters. The van der Waals surface area contributed by atoms with Crippen molar-refractivity contribution in [3.8, 4) is 0 Å². The molecule has 1 fully saturated rings. The molecule has 0 saturated heterocycles. The van der Waals surface area contributed by atoms with Gasteiger partial charge in [0.05, 0.1) is 18.5 Å². The minimum Gasteiger partial charge on any atom is -0.390 e. The van der Waals surface area contributed by atoms with Crippen LogP contribution in [-0.2, 0) is 0 Å². The average molecular weight is 319 g/mol. The normalized spacial score (nSPS) is 34.7. The predicted octanol–water partition coefficient (Wildman–Crippen LogP) is 3.00. The van der Waals surface area contributed by atoms with E-state index in [-0.39, 0.29) is 12.0 Å². The monoisotopic (exact) mass is 318 g/mol. The Kier molecular flexibility index (Phi) is 3.24. The molecular weight excluding hydrogens is 300 g/mol. The molecule has 1 saturated carbocycles. The van der Waals surface area contributed by atoms with Crippen LogP contribution in [0.25, 0.3) is 11.2 Å². The topological polar surface area (TPSA) is 63.8 Å². The standard InChI is InChI=1S/C16H19ClN4O/c1-8-4-3-5-10-11(8)9(2)14(22)13(10)21-7-20-12-15(17)18-6-19-16(12)21/h5-9,11,13-14,22H,3-4H2,1-2H3/t8-,9-,11-,13-,14-/m1/s1. The van der Waals surface area contributed by atoms with Gasteiger partial charge in [0.25, 0.3) is 0 Å². The summed E-state index contributed by atoms with van der Waals surface area (Å²) in [6, 6.07) is -0.0984. The molecule has 0 amide bonds. The first-order valence-corrected chi connectivity index (χ1v) is 8.18. The second-order valence-electron chi connectivity index (χ2n) is 6.57. The molecular formula is C16H19ClN4O. The highest BCUT2D eigenvalue weighted by molar-refractivity contribution is 6.33. The van der Waals surface area contributed by atoms with Crippen LogP contribution in [0.1, 0.15) is 32.7 Å². The van der Waals surface area contributed by atoms with Gasteiger partial charge in [0.15, 0.2) is 10.8 Å². The van der Waals surface area contributed by atoms with Gasteiger partial charge in [-0.3, -0.25) is 0 Å². The highest BCUT2D eigenvalue weighted by Crippen LogP contribution is 2.51. The summed E-state index contributed by atoms with van der Waals surface area (Å²) in [4.78, 5) is 12.7. The van der Waals surface area contributed by atoms with Crippen molar-refractivity contribution in [2.24, 2.45) is 17.8 Å². The van der Waals surface area contributed by atoms with Crippen LogP contribution >= 0.6 is 11.6 Å². The van der Waals surface area contributed by atoms with E-state index in [1.54, 1.807) is 6.33 Å². The molecule has 2 aliphatic carbocycles. The third-order valence-corrected chi connectivity index (χ3v) is 5.66. The largest absolute Gasteiger partial charge is 0.390 e. The highest BCUT2D eigenvalue weighted by Gasteiger charge is 2.47. The number of aliphatic hydroxyl groups is 1. The highest BCUT2D eigenvalue weighted by atomic mass is 35.5. The first-order valence-electron chi connectivity index (χ1n) is 7.80. The van der Waals surface area contributed by atoms with Gasteiger partial charge >= 0.3 is 0 Å². The van der Waals surface area contributed by atoms with E-state index in [2.05, 4.69) is 34.9 Å². The molecule has 5 nitrogen and oxygen atoms in total. The van der Waals surface area contributed by atoms with Crippen LogP contribution < -0.4 is 0 Å². The fourth-order valence-corrected chi connectivity index (χ4v) is 4.52. The van der Waals surface area contributed by atoms with Crippen LogP contribution in [0.5, 0.6) is 0 Å². The molecule has 0 unspecified atom stereocenters. The second-order valence-corrected chi connectivity index (χ2v) is 6.93. The first-order chi connectivity index (χ1) is 10.6. The average Bonchev–Trinajstić information content (AvgIpc) is 3.02.